The van der Waals surface area contributed by atoms with E-state index >= 15 is 0 Å². The van der Waals surface area contributed by atoms with Gasteiger partial charge in [0.15, 0.2) is 0 Å². The SMILES string of the molecule is C[C@@H](N)c1ccccc1.C[C@H](C(=O)O)c1ccc2c(c1)[nH]c1ccc(Cl)cc12. The molecule has 4 aromatic rings. The Bertz CT molecular complexity index is 1100. The molecule has 5 heteroatoms. The molecule has 1 aromatic heterocycles. The topological polar surface area (TPSA) is 79.1 Å². The van der Waals surface area contributed by atoms with Gasteiger partial charge in [-0.15, -0.1) is 0 Å². The first-order valence-electron chi connectivity index (χ1n) is 9.11. The van der Waals surface area contributed by atoms with Crippen molar-refractivity contribution in [2.45, 2.75) is 25.8 Å². The molecule has 0 radical (unpaired) electrons. The molecular weight excluding hydrogens is 372 g/mol. The van der Waals surface area contributed by atoms with Gasteiger partial charge >= 0.3 is 5.97 Å². The van der Waals surface area contributed by atoms with Crippen molar-refractivity contribution in [2.75, 3.05) is 0 Å². The number of nitrogens with one attached hydrogen (secondary N) is 1. The third-order valence-corrected chi connectivity index (χ3v) is 5.02. The second kappa shape index (κ2) is 8.46. The molecule has 4 nitrogen and oxygen atoms in total. The van der Waals surface area contributed by atoms with Crippen molar-refractivity contribution in [3.63, 3.8) is 0 Å². The minimum Gasteiger partial charge on any atom is -0.481 e. The van der Waals surface area contributed by atoms with Crippen LogP contribution in [-0.2, 0) is 4.79 Å². The lowest BCUT2D eigenvalue weighted by molar-refractivity contribution is -0.138. The maximum Gasteiger partial charge on any atom is 0.310 e. The zero-order valence-electron chi connectivity index (χ0n) is 15.8. The number of carboxylic acids is 1. The van der Waals surface area contributed by atoms with Gasteiger partial charge in [0, 0.05) is 32.9 Å². The molecule has 0 fully saturated rings. The number of fused-ring (bicyclic) bond motifs is 3. The van der Waals surface area contributed by atoms with Crippen molar-refractivity contribution >= 4 is 39.4 Å². The van der Waals surface area contributed by atoms with Gasteiger partial charge in [0.2, 0.25) is 0 Å². The molecule has 0 amide bonds. The van der Waals surface area contributed by atoms with E-state index in [1.165, 1.54) is 5.56 Å². The van der Waals surface area contributed by atoms with E-state index in [1.807, 2.05) is 73.7 Å². The zero-order valence-corrected chi connectivity index (χ0v) is 16.6. The fraction of sp³-hybridized carbons (Fsp3) is 0.174. The van der Waals surface area contributed by atoms with Gasteiger partial charge in [-0.2, -0.15) is 0 Å². The van der Waals surface area contributed by atoms with Gasteiger partial charge in [-0.1, -0.05) is 54.1 Å². The molecule has 0 unspecified atom stereocenters. The second-order valence-electron chi connectivity index (χ2n) is 6.88. The summed E-state index contributed by atoms with van der Waals surface area (Å²) in [5, 5.41) is 11.9. The molecule has 0 saturated carbocycles. The number of carbonyl (C=O) groups is 1. The van der Waals surface area contributed by atoms with Crippen LogP contribution in [-0.4, -0.2) is 16.1 Å². The third-order valence-electron chi connectivity index (χ3n) is 4.78. The highest BCUT2D eigenvalue weighted by atomic mass is 35.5. The van der Waals surface area contributed by atoms with Gasteiger partial charge in [0.1, 0.15) is 0 Å². The highest BCUT2D eigenvalue weighted by molar-refractivity contribution is 6.31. The standard InChI is InChI=1S/C15H12ClNO2.C8H11N/c1-8(15(18)19)9-2-4-11-12-7-10(16)3-5-13(12)17-14(11)6-9;1-7(9)8-5-3-2-4-6-8/h2-8,17H,1H3,(H,18,19);2-7H,9H2,1H3/t8-;7-/m01/s1. The second-order valence-corrected chi connectivity index (χ2v) is 7.32. The van der Waals surface area contributed by atoms with Crippen molar-refractivity contribution in [1.82, 2.24) is 4.98 Å². The van der Waals surface area contributed by atoms with Crippen LogP contribution in [0.25, 0.3) is 21.8 Å². The minimum atomic E-state index is -0.821. The number of nitrogens with two attached hydrogens (primary N) is 1. The highest BCUT2D eigenvalue weighted by Gasteiger charge is 2.15. The summed E-state index contributed by atoms with van der Waals surface area (Å²) in [6, 6.07) is 21.6. The zero-order chi connectivity index (χ0) is 20.3. The number of hydrogen-bond acceptors (Lipinski definition) is 2. The number of aromatic amines is 1. The first-order valence-corrected chi connectivity index (χ1v) is 9.49. The molecule has 0 aliphatic carbocycles. The van der Waals surface area contributed by atoms with Gasteiger partial charge in [-0.3, -0.25) is 4.79 Å². The predicted molar refractivity (Wildman–Crippen MR) is 116 cm³/mol. The number of rotatable bonds is 3. The molecule has 4 rings (SSSR count). The summed E-state index contributed by atoms with van der Waals surface area (Å²) in [6.07, 6.45) is 0. The maximum atomic E-state index is 11.0. The van der Waals surface area contributed by atoms with Crippen LogP contribution in [0.1, 0.15) is 36.9 Å². The van der Waals surface area contributed by atoms with E-state index in [1.54, 1.807) is 6.92 Å². The maximum absolute atomic E-state index is 11.0. The summed E-state index contributed by atoms with van der Waals surface area (Å²) in [4.78, 5) is 14.3. The van der Waals surface area contributed by atoms with Crippen LogP contribution < -0.4 is 5.73 Å². The number of carboxylic acid groups (broad SMARTS) is 1. The summed E-state index contributed by atoms with van der Waals surface area (Å²) in [6.45, 7) is 3.67. The largest absolute Gasteiger partial charge is 0.481 e. The summed E-state index contributed by atoms with van der Waals surface area (Å²) in [5.41, 5.74) is 9.53. The van der Waals surface area contributed by atoms with Crippen molar-refractivity contribution < 1.29 is 9.90 Å². The van der Waals surface area contributed by atoms with E-state index in [9.17, 15) is 4.79 Å². The molecule has 28 heavy (non-hydrogen) atoms. The van der Waals surface area contributed by atoms with Crippen molar-refractivity contribution in [3.05, 3.63) is 82.9 Å². The molecule has 0 aliphatic heterocycles. The normalized spacial score (nSPS) is 13.0. The smallest absolute Gasteiger partial charge is 0.310 e. The van der Waals surface area contributed by atoms with Gasteiger partial charge in [0.05, 0.1) is 5.92 Å². The monoisotopic (exact) mass is 394 g/mol. The first kappa shape index (κ1) is 19.9. The number of aliphatic carboxylic acids is 1. The fourth-order valence-electron chi connectivity index (χ4n) is 3.06. The number of H-pyrrole nitrogens is 1. The number of hydrogen-bond donors (Lipinski definition) is 3. The molecule has 1 heterocycles. The van der Waals surface area contributed by atoms with Crippen molar-refractivity contribution in [1.29, 1.82) is 0 Å². The van der Waals surface area contributed by atoms with E-state index in [2.05, 4.69) is 4.98 Å². The quantitative estimate of drug-likeness (QED) is 0.406. The van der Waals surface area contributed by atoms with Gasteiger partial charge in [0.25, 0.3) is 0 Å². The van der Waals surface area contributed by atoms with Crippen LogP contribution in [0.15, 0.2) is 66.7 Å². The lowest BCUT2D eigenvalue weighted by Crippen LogP contribution is -2.06. The molecule has 0 bridgehead atoms. The first-order chi connectivity index (χ1) is 13.4. The number of halogens is 1. The summed E-state index contributed by atoms with van der Waals surface area (Å²) >= 11 is 6.01. The van der Waals surface area contributed by atoms with Crippen LogP contribution in [0.3, 0.4) is 0 Å². The van der Waals surface area contributed by atoms with E-state index in [0.717, 1.165) is 27.4 Å². The fourth-order valence-corrected chi connectivity index (χ4v) is 3.23. The summed E-state index contributed by atoms with van der Waals surface area (Å²) < 4.78 is 0. The average Bonchev–Trinajstić information content (AvgIpc) is 3.05. The van der Waals surface area contributed by atoms with Gasteiger partial charge in [-0.25, -0.2) is 0 Å². The predicted octanol–water partition coefficient (Wildman–Crippen LogP) is 5.87. The van der Waals surface area contributed by atoms with Gasteiger partial charge in [-0.05, 0) is 49.2 Å². The Morgan fingerprint density at radius 2 is 1.64 bits per heavy atom. The number of aromatic nitrogens is 1. The molecule has 0 saturated heterocycles. The molecule has 3 aromatic carbocycles. The Labute approximate surface area is 168 Å². The third kappa shape index (κ3) is 4.35. The Hall–Kier alpha value is -2.82. The van der Waals surface area contributed by atoms with Gasteiger partial charge < -0.3 is 15.8 Å². The van der Waals surface area contributed by atoms with Crippen LogP contribution >= 0.6 is 11.6 Å². The van der Waals surface area contributed by atoms with E-state index < -0.39 is 11.9 Å². The molecule has 4 N–H and O–H groups in total. The number of benzene rings is 3. The Kier molecular flexibility index (Phi) is 6.02. The summed E-state index contributed by atoms with van der Waals surface area (Å²) in [7, 11) is 0. The van der Waals surface area contributed by atoms with E-state index in [4.69, 9.17) is 22.4 Å². The van der Waals surface area contributed by atoms with Crippen LogP contribution in [0.4, 0.5) is 0 Å². The Morgan fingerprint density at radius 1 is 0.929 bits per heavy atom. The van der Waals surface area contributed by atoms with Crippen LogP contribution in [0.5, 0.6) is 0 Å². The van der Waals surface area contributed by atoms with E-state index in [-0.39, 0.29) is 6.04 Å². The highest BCUT2D eigenvalue weighted by Crippen LogP contribution is 2.30. The van der Waals surface area contributed by atoms with Crippen molar-refractivity contribution in [2.24, 2.45) is 5.73 Å². The van der Waals surface area contributed by atoms with E-state index in [0.29, 0.717) is 5.02 Å². The molecular formula is C23H23ClN2O2. The molecule has 2 atom stereocenters. The Balaban J connectivity index is 0.000000211. The van der Waals surface area contributed by atoms with Crippen LogP contribution in [0.2, 0.25) is 5.02 Å². The average molecular weight is 395 g/mol. The summed E-state index contributed by atoms with van der Waals surface area (Å²) in [5.74, 6) is -1.34. The molecule has 144 valence electrons. The lowest BCUT2D eigenvalue weighted by Gasteiger charge is -2.06. The minimum absolute atomic E-state index is 0.159. The lowest BCUT2D eigenvalue weighted by atomic mass is 10.00. The van der Waals surface area contributed by atoms with Crippen molar-refractivity contribution in [3.8, 4) is 0 Å². The molecule has 0 aliphatic rings. The molecule has 0 spiro atoms. The van der Waals surface area contributed by atoms with Crippen LogP contribution in [0, 0.1) is 0 Å². The Morgan fingerprint density at radius 3 is 2.25 bits per heavy atom.